The summed E-state index contributed by atoms with van der Waals surface area (Å²) in [5.74, 6) is -0.865. The molecule has 2 heterocycles. The number of anilines is 1. The van der Waals surface area contributed by atoms with Crippen LogP contribution in [0.3, 0.4) is 0 Å². The number of carboxylic acids is 1. The van der Waals surface area contributed by atoms with E-state index in [0.29, 0.717) is 23.5 Å². The van der Waals surface area contributed by atoms with Crippen LogP contribution >= 0.6 is 0 Å². The molecule has 0 saturated carbocycles. The summed E-state index contributed by atoms with van der Waals surface area (Å²) in [6.07, 6.45) is 0.502. The van der Waals surface area contributed by atoms with Crippen LogP contribution < -0.4 is 5.32 Å². The highest BCUT2D eigenvalue weighted by molar-refractivity contribution is 7.91. The fourth-order valence-corrected chi connectivity index (χ4v) is 4.01. The number of nitrogens with one attached hydrogen (secondary N) is 1. The van der Waals surface area contributed by atoms with Gasteiger partial charge >= 0.3 is 5.97 Å². The van der Waals surface area contributed by atoms with Crippen molar-refractivity contribution in [2.45, 2.75) is 26.3 Å². The van der Waals surface area contributed by atoms with Gasteiger partial charge in [-0.25, -0.2) is 13.2 Å². The SMILES string of the molecule is Cc1cc(NC2CCS(=O)(=O)C2)c(C(=O)O)c(C)n1. The van der Waals surface area contributed by atoms with Crippen LogP contribution in [0.15, 0.2) is 6.07 Å². The number of carboxylic acid groups (broad SMARTS) is 1. The average Bonchev–Trinajstić information content (AvgIpc) is 2.56. The standard InChI is InChI=1S/C12H16N2O4S/c1-7-5-10(11(12(15)16)8(2)13-7)14-9-3-4-19(17,18)6-9/h5,9H,3-4,6H2,1-2H3,(H,13,14)(H,15,16). The topological polar surface area (TPSA) is 96.4 Å². The van der Waals surface area contributed by atoms with Crippen LogP contribution in [-0.4, -0.2) is 42.0 Å². The second-order valence-corrected chi connectivity index (χ2v) is 7.05. The molecule has 2 rings (SSSR count). The Labute approximate surface area is 111 Å². The number of hydrogen-bond donors (Lipinski definition) is 2. The molecule has 1 saturated heterocycles. The zero-order chi connectivity index (χ0) is 14.2. The Hall–Kier alpha value is -1.63. The first-order valence-electron chi connectivity index (χ1n) is 5.97. The maximum Gasteiger partial charge on any atom is 0.339 e. The van der Waals surface area contributed by atoms with Crippen molar-refractivity contribution in [3.63, 3.8) is 0 Å². The van der Waals surface area contributed by atoms with Crippen LogP contribution in [0.1, 0.15) is 28.2 Å². The van der Waals surface area contributed by atoms with Crippen molar-refractivity contribution in [3.8, 4) is 0 Å². The van der Waals surface area contributed by atoms with Gasteiger partial charge in [-0.2, -0.15) is 0 Å². The smallest absolute Gasteiger partial charge is 0.339 e. The van der Waals surface area contributed by atoms with E-state index >= 15 is 0 Å². The van der Waals surface area contributed by atoms with Crippen molar-refractivity contribution in [3.05, 3.63) is 23.0 Å². The van der Waals surface area contributed by atoms with Crippen LogP contribution in [-0.2, 0) is 9.84 Å². The summed E-state index contributed by atoms with van der Waals surface area (Å²) < 4.78 is 22.8. The Balaban J connectivity index is 2.32. The van der Waals surface area contributed by atoms with Gasteiger partial charge in [0.1, 0.15) is 5.56 Å². The Morgan fingerprint density at radius 1 is 1.47 bits per heavy atom. The number of nitrogens with zero attached hydrogens (tertiary/aromatic N) is 1. The summed E-state index contributed by atoms with van der Waals surface area (Å²) in [6, 6.07) is 1.41. The number of rotatable bonds is 3. The zero-order valence-electron chi connectivity index (χ0n) is 10.8. The zero-order valence-corrected chi connectivity index (χ0v) is 11.6. The van der Waals surface area contributed by atoms with Crippen molar-refractivity contribution >= 4 is 21.5 Å². The summed E-state index contributed by atoms with van der Waals surface area (Å²) in [5, 5.41) is 12.2. The monoisotopic (exact) mass is 284 g/mol. The van der Waals surface area contributed by atoms with E-state index in [9.17, 15) is 18.3 Å². The van der Waals surface area contributed by atoms with Gasteiger partial charge in [0.25, 0.3) is 0 Å². The van der Waals surface area contributed by atoms with Crippen molar-refractivity contribution < 1.29 is 18.3 Å². The molecule has 0 aliphatic carbocycles. The lowest BCUT2D eigenvalue weighted by Gasteiger charge is -2.16. The fraction of sp³-hybridized carbons (Fsp3) is 0.500. The minimum absolute atomic E-state index is 0.0481. The number of aromatic carboxylic acids is 1. The molecular formula is C12H16N2O4S. The van der Waals surface area contributed by atoms with Crippen LogP contribution in [0.2, 0.25) is 0 Å². The maximum absolute atomic E-state index is 11.4. The van der Waals surface area contributed by atoms with E-state index in [1.165, 1.54) is 0 Å². The molecule has 1 unspecified atom stereocenters. The average molecular weight is 284 g/mol. The summed E-state index contributed by atoms with van der Waals surface area (Å²) in [6.45, 7) is 3.40. The summed E-state index contributed by atoms with van der Waals surface area (Å²) in [5.41, 5.74) is 1.68. The van der Waals surface area contributed by atoms with Crippen LogP contribution in [0.25, 0.3) is 0 Å². The fourth-order valence-electron chi connectivity index (χ4n) is 2.34. The van der Waals surface area contributed by atoms with Gasteiger partial charge in [-0.15, -0.1) is 0 Å². The molecule has 2 N–H and O–H groups in total. The lowest BCUT2D eigenvalue weighted by atomic mass is 10.1. The van der Waals surface area contributed by atoms with E-state index in [4.69, 9.17) is 0 Å². The quantitative estimate of drug-likeness (QED) is 0.859. The molecule has 1 atom stereocenters. The number of hydrogen-bond acceptors (Lipinski definition) is 5. The van der Waals surface area contributed by atoms with E-state index < -0.39 is 15.8 Å². The molecule has 1 fully saturated rings. The molecule has 0 amide bonds. The van der Waals surface area contributed by atoms with Gasteiger partial charge in [-0.05, 0) is 26.3 Å². The molecule has 6 nitrogen and oxygen atoms in total. The Morgan fingerprint density at radius 2 is 2.16 bits per heavy atom. The molecule has 1 aliphatic rings. The van der Waals surface area contributed by atoms with E-state index in [1.807, 2.05) is 0 Å². The second-order valence-electron chi connectivity index (χ2n) is 4.82. The summed E-state index contributed by atoms with van der Waals surface area (Å²) in [4.78, 5) is 15.4. The first-order chi connectivity index (χ1) is 8.78. The van der Waals surface area contributed by atoms with Crippen LogP contribution in [0, 0.1) is 13.8 Å². The lowest BCUT2D eigenvalue weighted by molar-refractivity contribution is 0.0696. The first-order valence-corrected chi connectivity index (χ1v) is 7.79. The molecule has 104 valence electrons. The number of pyridine rings is 1. The molecule has 1 aromatic rings. The van der Waals surface area contributed by atoms with Gasteiger partial charge in [0.2, 0.25) is 0 Å². The summed E-state index contributed by atoms with van der Waals surface area (Å²) >= 11 is 0. The van der Waals surface area contributed by atoms with Gasteiger partial charge in [0.15, 0.2) is 9.84 Å². The van der Waals surface area contributed by atoms with Gasteiger partial charge in [0, 0.05) is 11.7 Å². The van der Waals surface area contributed by atoms with Crippen molar-refractivity contribution in [2.75, 3.05) is 16.8 Å². The Morgan fingerprint density at radius 3 is 2.68 bits per heavy atom. The predicted octanol–water partition coefficient (Wildman–Crippen LogP) is 0.996. The maximum atomic E-state index is 11.4. The minimum Gasteiger partial charge on any atom is -0.478 e. The van der Waals surface area contributed by atoms with Crippen molar-refractivity contribution in [1.29, 1.82) is 0 Å². The molecule has 0 aromatic carbocycles. The van der Waals surface area contributed by atoms with E-state index in [-0.39, 0.29) is 23.1 Å². The normalized spacial score (nSPS) is 21.3. The number of sulfone groups is 1. The van der Waals surface area contributed by atoms with Crippen LogP contribution in [0.4, 0.5) is 5.69 Å². The van der Waals surface area contributed by atoms with Crippen molar-refractivity contribution in [1.82, 2.24) is 4.98 Å². The first kappa shape index (κ1) is 13.8. The minimum atomic E-state index is -2.99. The molecule has 0 bridgehead atoms. The third-order valence-electron chi connectivity index (χ3n) is 3.13. The second kappa shape index (κ2) is 4.80. The van der Waals surface area contributed by atoms with Gasteiger partial charge in [-0.1, -0.05) is 0 Å². The van der Waals surface area contributed by atoms with Gasteiger partial charge < -0.3 is 10.4 Å². The summed E-state index contributed by atoms with van der Waals surface area (Å²) in [7, 11) is -2.99. The number of aryl methyl sites for hydroxylation is 2. The van der Waals surface area contributed by atoms with E-state index in [0.717, 1.165) is 0 Å². The third kappa shape index (κ3) is 3.04. The van der Waals surface area contributed by atoms with E-state index in [2.05, 4.69) is 10.3 Å². The highest BCUT2D eigenvalue weighted by Crippen LogP contribution is 2.23. The van der Waals surface area contributed by atoms with Crippen molar-refractivity contribution in [2.24, 2.45) is 0 Å². The Bertz CT molecular complexity index is 625. The molecule has 0 spiro atoms. The molecule has 0 radical (unpaired) electrons. The predicted molar refractivity (Wildman–Crippen MR) is 71.4 cm³/mol. The highest BCUT2D eigenvalue weighted by atomic mass is 32.2. The molecule has 19 heavy (non-hydrogen) atoms. The Kier molecular flexibility index (Phi) is 3.49. The molecule has 7 heteroatoms. The van der Waals surface area contributed by atoms with Gasteiger partial charge in [0.05, 0.1) is 22.9 Å². The van der Waals surface area contributed by atoms with Crippen LogP contribution in [0.5, 0.6) is 0 Å². The highest BCUT2D eigenvalue weighted by Gasteiger charge is 2.29. The molecular weight excluding hydrogens is 268 g/mol. The van der Waals surface area contributed by atoms with Gasteiger partial charge in [-0.3, -0.25) is 4.98 Å². The molecule has 1 aromatic heterocycles. The number of aromatic nitrogens is 1. The third-order valence-corrected chi connectivity index (χ3v) is 4.90. The lowest BCUT2D eigenvalue weighted by Crippen LogP contribution is -2.23. The molecule has 1 aliphatic heterocycles. The largest absolute Gasteiger partial charge is 0.478 e. The number of carbonyl (C=O) groups is 1. The van der Waals surface area contributed by atoms with E-state index in [1.54, 1.807) is 19.9 Å².